The van der Waals surface area contributed by atoms with Crippen LogP contribution in [0, 0.1) is 0 Å². The molecule has 5 nitrogen and oxygen atoms in total. The number of rotatable bonds is 4. The summed E-state index contributed by atoms with van der Waals surface area (Å²) in [7, 11) is 1.96. The van der Waals surface area contributed by atoms with Crippen LogP contribution in [0.15, 0.2) is 47.0 Å². The Bertz CT molecular complexity index is 708. The molecule has 0 saturated heterocycles. The van der Waals surface area contributed by atoms with Crippen molar-refractivity contribution in [2.45, 2.75) is 6.42 Å². The van der Waals surface area contributed by atoms with Crippen LogP contribution in [0.1, 0.15) is 5.69 Å². The number of hydrogen-bond donors (Lipinski definition) is 1. The Balaban J connectivity index is 1.73. The molecule has 5 heteroatoms. The number of nitrogen functional groups attached to an aromatic ring is 1. The van der Waals surface area contributed by atoms with Crippen molar-refractivity contribution in [2.75, 3.05) is 24.2 Å². The first-order chi connectivity index (χ1) is 9.72. The van der Waals surface area contributed by atoms with Crippen LogP contribution in [0.2, 0.25) is 0 Å². The smallest absolute Gasteiger partial charge is 0.298 e. The second-order valence-corrected chi connectivity index (χ2v) is 4.72. The van der Waals surface area contributed by atoms with Gasteiger partial charge in [-0.05, 0) is 24.3 Å². The van der Waals surface area contributed by atoms with Gasteiger partial charge in [0.25, 0.3) is 6.01 Å². The van der Waals surface area contributed by atoms with E-state index in [9.17, 15) is 0 Å². The molecule has 0 aliphatic rings. The lowest BCUT2D eigenvalue weighted by Gasteiger charge is -2.13. The van der Waals surface area contributed by atoms with Crippen molar-refractivity contribution in [3.63, 3.8) is 0 Å². The zero-order chi connectivity index (χ0) is 13.9. The quantitative estimate of drug-likeness (QED) is 0.736. The van der Waals surface area contributed by atoms with Crippen molar-refractivity contribution < 1.29 is 4.42 Å². The van der Waals surface area contributed by atoms with Crippen molar-refractivity contribution >= 4 is 22.8 Å². The van der Waals surface area contributed by atoms with E-state index < -0.39 is 0 Å². The van der Waals surface area contributed by atoms with E-state index in [1.807, 2.05) is 42.3 Å². The van der Waals surface area contributed by atoms with E-state index in [4.69, 9.17) is 10.2 Å². The first-order valence-corrected chi connectivity index (χ1v) is 6.49. The van der Waals surface area contributed by atoms with Crippen molar-refractivity contribution in [1.29, 1.82) is 0 Å². The van der Waals surface area contributed by atoms with Crippen LogP contribution in [-0.2, 0) is 6.42 Å². The van der Waals surface area contributed by atoms with Gasteiger partial charge in [0.2, 0.25) is 0 Å². The minimum atomic E-state index is 0.599. The highest BCUT2D eigenvalue weighted by atomic mass is 16.4. The molecule has 0 amide bonds. The third-order valence-corrected chi connectivity index (χ3v) is 3.16. The Kier molecular flexibility index (Phi) is 3.25. The number of pyridine rings is 1. The molecule has 0 atom stereocenters. The molecule has 0 bridgehead atoms. The summed E-state index contributed by atoms with van der Waals surface area (Å²) in [6, 6.07) is 12.0. The van der Waals surface area contributed by atoms with Gasteiger partial charge in [0.05, 0.1) is 0 Å². The number of aromatic nitrogens is 2. The Morgan fingerprint density at radius 1 is 1.25 bits per heavy atom. The van der Waals surface area contributed by atoms with Crippen LogP contribution in [0.4, 0.5) is 11.7 Å². The lowest BCUT2D eigenvalue weighted by Crippen LogP contribution is -2.20. The highest BCUT2D eigenvalue weighted by Crippen LogP contribution is 2.23. The Labute approximate surface area is 117 Å². The lowest BCUT2D eigenvalue weighted by atomic mass is 10.2. The molecule has 0 unspecified atom stereocenters. The number of benzene rings is 1. The minimum Gasteiger partial charge on any atom is -0.423 e. The number of likely N-dealkylation sites (N-methyl/N-ethyl adjacent to an activating group) is 1. The van der Waals surface area contributed by atoms with Crippen molar-refractivity contribution in [1.82, 2.24) is 9.97 Å². The van der Waals surface area contributed by atoms with Gasteiger partial charge in [-0.2, -0.15) is 4.98 Å². The van der Waals surface area contributed by atoms with Gasteiger partial charge in [0.1, 0.15) is 5.52 Å². The second kappa shape index (κ2) is 5.21. The number of oxazole rings is 1. The van der Waals surface area contributed by atoms with Crippen LogP contribution in [0.25, 0.3) is 11.1 Å². The van der Waals surface area contributed by atoms with Gasteiger partial charge in [-0.3, -0.25) is 4.98 Å². The zero-order valence-electron chi connectivity index (χ0n) is 11.3. The van der Waals surface area contributed by atoms with Crippen LogP contribution < -0.4 is 10.6 Å². The van der Waals surface area contributed by atoms with E-state index in [1.165, 1.54) is 0 Å². The van der Waals surface area contributed by atoms with Crippen molar-refractivity contribution in [3.8, 4) is 0 Å². The molecule has 0 spiro atoms. The molecule has 1 aromatic carbocycles. The molecule has 102 valence electrons. The molecular formula is C15H16N4O. The largest absolute Gasteiger partial charge is 0.423 e. The standard InChI is InChI=1S/C15H16N4O/c1-19(9-7-12-4-2-3-8-17-12)15-18-13-6-5-11(16)10-14(13)20-15/h2-6,8,10H,7,9,16H2,1H3. The fraction of sp³-hybridized carbons (Fsp3) is 0.200. The number of nitrogens with zero attached hydrogens (tertiary/aromatic N) is 3. The number of hydrogen-bond acceptors (Lipinski definition) is 5. The van der Waals surface area contributed by atoms with E-state index in [1.54, 1.807) is 12.3 Å². The molecule has 0 saturated carbocycles. The monoisotopic (exact) mass is 268 g/mol. The van der Waals surface area contributed by atoms with Gasteiger partial charge in [-0.25, -0.2) is 0 Å². The first kappa shape index (κ1) is 12.5. The number of fused-ring (bicyclic) bond motifs is 1. The third kappa shape index (κ3) is 2.56. The Hall–Kier alpha value is -2.56. The molecule has 2 N–H and O–H groups in total. The summed E-state index contributed by atoms with van der Waals surface area (Å²) in [6.45, 7) is 0.791. The average Bonchev–Trinajstić information content (AvgIpc) is 2.89. The fourth-order valence-electron chi connectivity index (χ4n) is 2.02. The predicted molar refractivity (Wildman–Crippen MR) is 79.6 cm³/mol. The Morgan fingerprint density at radius 2 is 2.15 bits per heavy atom. The normalized spacial score (nSPS) is 10.8. The van der Waals surface area contributed by atoms with Gasteiger partial charge in [-0.15, -0.1) is 0 Å². The summed E-state index contributed by atoms with van der Waals surface area (Å²) >= 11 is 0. The molecule has 2 heterocycles. The van der Waals surface area contributed by atoms with Gasteiger partial charge in [-0.1, -0.05) is 6.07 Å². The molecular weight excluding hydrogens is 252 g/mol. The van der Waals surface area contributed by atoms with E-state index >= 15 is 0 Å². The number of anilines is 2. The molecule has 0 fully saturated rings. The molecule has 2 aromatic heterocycles. The topological polar surface area (TPSA) is 68.2 Å². The second-order valence-electron chi connectivity index (χ2n) is 4.72. The average molecular weight is 268 g/mol. The maximum absolute atomic E-state index is 5.73. The maximum Gasteiger partial charge on any atom is 0.298 e. The highest BCUT2D eigenvalue weighted by Gasteiger charge is 2.10. The Morgan fingerprint density at radius 3 is 2.95 bits per heavy atom. The van der Waals surface area contributed by atoms with E-state index in [0.29, 0.717) is 17.3 Å². The lowest BCUT2D eigenvalue weighted by molar-refractivity contribution is 0.582. The molecule has 0 aliphatic carbocycles. The highest BCUT2D eigenvalue weighted by molar-refractivity contribution is 5.78. The fourth-order valence-corrected chi connectivity index (χ4v) is 2.02. The molecule has 3 aromatic rings. The third-order valence-electron chi connectivity index (χ3n) is 3.16. The van der Waals surface area contributed by atoms with Crippen molar-refractivity contribution in [3.05, 3.63) is 48.3 Å². The summed E-state index contributed by atoms with van der Waals surface area (Å²) in [5.74, 6) is 0. The van der Waals surface area contributed by atoms with E-state index in [2.05, 4.69) is 9.97 Å². The van der Waals surface area contributed by atoms with Crippen LogP contribution in [-0.4, -0.2) is 23.6 Å². The predicted octanol–water partition coefficient (Wildman–Crippen LogP) is 2.48. The van der Waals surface area contributed by atoms with Gasteiger partial charge in [0, 0.05) is 43.7 Å². The number of nitrogens with two attached hydrogens (primary N) is 1. The first-order valence-electron chi connectivity index (χ1n) is 6.49. The van der Waals surface area contributed by atoms with Crippen molar-refractivity contribution in [2.24, 2.45) is 0 Å². The summed E-state index contributed by atoms with van der Waals surface area (Å²) in [6.07, 6.45) is 2.65. The molecule has 3 rings (SSSR count). The van der Waals surface area contributed by atoms with Gasteiger partial charge >= 0.3 is 0 Å². The molecule has 0 aliphatic heterocycles. The van der Waals surface area contributed by atoms with E-state index in [0.717, 1.165) is 24.2 Å². The summed E-state index contributed by atoms with van der Waals surface area (Å²) < 4.78 is 5.71. The van der Waals surface area contributed by atoms with E-state index in [-0.39, 0.29) is 0 Å². The zero-order valence-corrected chi connectivity index (χ0v) is 11.3. The van der Waals surface area contributed by atoms with Crippen LogP contribution in [0.3, 0.4) is 0 Å². The summed E-state index contributed by atoms with van der Waals surface area (Å²) in [5, 5.41) is 0. The maximum atomic E-state index is 5.73. The summed E-state index contributed by atoms with van der Waals surface area (Å²) in [4.78, 5) is 10.7. The molecule has 20 heavy (non-hydrogen) atoms. The van der Waals surface area contributed by atoms with Gasteiger partial charge in [0.15, 0.2) is 5.58 Å². The van der Waals surface area contributed by atoms with Gasteiger partial charge < -0.3 is 15.1 Å². The summed E-state index contributed by atoms with van der Waals surface area (Å²) in [5.41, 5.74) is 9.00. The van der Waals surface area contributed by atoms with Crippen LogP contribution >= 0.6 is 0 Å². The molecule has 0 radical (unpaired) electrons. The SMILES string of the molecule is CN(CCc1ccccn1)c1nc2ccc(N)cc2o1. The minimum absolute atomic E-state index is 0.599. The van der Waals surface area contributed by atoms with Crippen LogP contribution in [0.5, 0.6) is 0 Å².